The Morgan fingerprint density at radius 3 is 2.76 bits per heavy atom. The van der Waals surface area contributed by atoms with Crippen LogP contribution < -0.4 is 5.32 Å². The van der Waals surface area contributed by atoms with E-state index < -0.39 is 0 Å². The van der Waals surface area contributed by atoms with Crippen LogP contribution in [-0.2, 0) is 11.3 Å². The van der Waals surface area contributed by atoms with Crippen molar-refractivity contribution in [2.24, 2.45) is 0 Å². The van der Waals surface area contributed by atoms with E-state index in [1.54, 1.807) is 4.90 Å². The molecule has 0 aliphatic rings. The van der Waals surface area contributed by atoms with Gasteiger partial charge in [0.15, 0.2) is 0 Å². The molecule has 1 amide bonds. The molecule has 1 aromatic carbocycles. The van der Waals surface area contributed by atoms with Crippen molar-refractivity contribution >= 4 is 21.8 Å². The average Bonchev–Trinajstić information content (AvgIpc) is 2.27. The Balaban J connectivity index is 2.35. The Bertz CT molecular complexity index is 379. The molecular formula is C13H19BrN2O. The largest absolute Gasteiger partial charge is 0.342 e. The van der Waals surface area contributed by atoms with Crippen LogP contribution in [0.5, 0.6) is 0 Å². The third kappa shape index (κ3) is 4.88. The summed E-state index contributed by atoms with van der Waals surface area (Å²) in [6.07, 6.45) is 0. The Labute approximate surface area is 111 Å². The topological polar surface area (TPSA) is 32.3 Å². The molecule has 17 heavy (non-hydrogen) atoms. The summed E-state index contributed by atoms with van der Waals surface area (Å²) in [5, 5.41) is 3.15. The van der Waals surface area contributed by atoms with Gasteiger partial charge in [0.1, 0.15) is 0 Å². The van der Waals surface area contributed by atoms with Gasteiger partial charge < -0.3 is 10.2 Å². The molecule has 0 spiro atoms. The highest BCUT2D eigenvalue weighted by Crippen LogP contribution is 2.11. The number of likely N-dealkylation sites (N-methyl/N-ethyl adjacent to an activating group) is 1. The predicted octanol–water partition coefficient (Wildman–Crippen LogP) is 2.41. The van der Waals surface area contributed by atoms with E-state index in [2.05, 4.69) is 21.2 Å². The van der Waals surface area contributed by atoms with Crippen molar-refractivity contribution in [3.63, 3.8) is 0 Å². The molecule has 1 aromatic rings. The number of hydrogen-bond acceptors (Lipinski definition) is 2. The lowest BCUT2D eigenvalue weighted by Gasteiger charge is -2.21. The van der Waals surface area contributed by atoms with Gasteiger partial charge >= 0.3 is 0 Å². The second-order valence-electron chi connectivity index (χ2n) is 4.33. The normalized spacial score (nSPS) is 10.6. The van der Waals surface area contributed by atoms with E-state index in [1.807, 2.05) is 45.2 Å². The highest BCUT2D eigenvalue weighted by molar-refractivity contribution is 9.10. The molecule has 0 aliphatic heterocycles. The quantitative estimate of drug-likeness (QED) is 0.905. The maximum atomic E-state index is 11.7. The summed E-state index contributed by atoms with van der Waals surface area (Å²) in [6.45, 7) is 5.09. The number of benzene rings is 1. The average molecular weight is 299 g/mol. The minimum Gasteiger partial charge on any atom is -0.342 e. The SMILES string of the molecule is CC(C)N(C)C(=O)CNCc1cccc(Br)c1. The van der Waals surface area contributed by atoms with Crippen LogP contribution in [-0.4, -0.2) is 30.4 Å². The van der Waals surface area contributed by atoms with Crippen LogP contribution in [0.2, 0.25) is 0 Å². The van der Waals surface area contributed by atoms with E-state index in [9.17, 15) is 4.79 Å². The van der Waals surface area contributed by atoms with Crippen molar-refractivity contribution in [2.45, 2.75) is 26.4 Å². The van der Waals surface area contributed by atoms with Gasteiger partial charge in [0, 0.05) is 24.1 Å². The molecule has 0 saturated carbocycles. The van der Waals surface area contributed by atoms with E-state index in [0.717, 1.165) is 4.47 Å². The van der Waals surface area contributed by atoms with Crippen molar-refractivity contribution < 1.29 is 4.79 Å². The molecule has 1 N–H and O–H groups in total. The molecule has 0 radical (unpaired) electrons. The number of carbonyl (C=O) groups excluding carboxylic acids is 1. The van der Waals surface area contributed by atoms with Crippen molar-refractivity contribution in [2.75, 3.05) is 13.6 Å². The molecule has 0 unspecified atom stereocenters. The fourth-order valence-electron chi connectivity index (χ4n) is 1.37. The molecule has 4 heteroatoms. The summed E-state index contributed by atoms with van der Waals surface area (Å²) in [5.41, 5.74) is 1.17. The number of carbonyl (C=O) groups is 1. The number of amides is 1. The van der Waals surface area contributed by atoms with Crippen LogP contribution in [0.3, 0.4) is 0 Å². The van der Waals surface area contributed by atoms with Crippen LogP contribution in [0.25, 0.3) is 0 Å². The highest BCUT2D eigenvalue weighted by Gasteiger charge is 2.10. The second kappa shape index (κ2) is 6.77. The maximum absolute atomic E-state index is 11.7. The lowest BCUT2D eigenvalue weighted by Crippen LogP contribution is -2.39. The molecule has 3 nitrogen and oxygen atoms in total. The smallest absolute Gasteiger partial charge is 0.236 e. The van der Waals surface area contributed by atoms with Crippen LogP contribution in [0.15, 0.2) is 28.7 Å². The van der Waals surface area contributed by atoms with Gasteiger partial charge in [-0.1, -0.05) is 28.1 Å². The third-order valence-electron chi connectivity index (χ3n) is 2.66. The molecule has 0 aliphatic carbocycles. The Morgan fingerprint density at radius 2 is 2.18 bits per heavy atom. The third-order valence-corrected chi connectivity index (χ3v) is 3.16. The highest BCUT2D eigenvalue weighted by atomic mass is 79.9. The van der Waals surface area contributed by atoms with Crippen LogP contribution in [0.4, 0.5) is 0 Å². The van der Waals surface area contributed by atoms with E-state index in [4.69, 9.17) is 0 Å². The zero-order valence-corrected chi connectivity index (χ0v) is 12.1. The molecule has 94 valence electrons. The van der Waals surface area contributed by atoms with Gasteiger partial charge in [-0.25, -0.2) is 0 Å². The molecule has 0 fully saturated rings. The zero-order chi connectivity index (χ0) is 12.8. The maximum Gasteiger partial charge on any atom is 0.236 e. The van der Waals surface area contributed by atoms with E-state index >= 15 is 0 Å². The standard InChI is InChI=1S/C13H19BrN2O/c1-10(2)16(3)13(17)9-15-8-11-5-4-6-12(14)7-11/h4-7,10,15H,8-9H2,1-3H3. The van der Waals surface area contributed by atoms with Gasteiger partial charge in [0.05, 0.1) is 6.54 Å². The second-order valence-corrected chi connectivity index (χ2v) is 5.25. The molecule has 0 aromatic heterocycles. The van der Waals surface area contributed by atoms with Gasteiger partial charge in [-0.2, -0.15) is 0 Å². The van der Waals surface area contributed by atoms with Crippen molar-refractivity contribution in [1.29, 1.82) is 0 Å². The zero-order valence-electron chi connectivity index (χ0n) is 10.5. The Kier molecular flexibility index (Phi) is 5.65. The number of hydrogen-bond donors (Lipinski definition) is 1. The fraction of sp³-hybridized carbons (Fsp3) is 0.462. The first-order chi connectivity index (χ1) is 8.00. The van der Waals surface area contributed by atoms with Crippen molar-refractivity contribution in [1.82, 2.24) is 10.2 Å². The number of halogens is 1. The van der Waals surface area contributed by atoms with Gasteiger partial charge in [-0.15, -0.1) is 0 Å². The summed E-state index contributed by atoms with van der Waals surface area (Å²) in [6, 6.07) is 8.30. The summed E-state index contributed by atoms with van der Waals surface area (Å²) >= 11 is 3.42. The molecule has 0 bridgehead atoms. The lowest BCUT2D eigenvalue weighted by atomic mass is 10.2. The Hall–Kier alpha value is -0.870. The first-order valence-corrected chi connectivity index (χ1v) is 6.51. The Morgan fingerprint density at radius 1 is 1.47 bits per heavy atom. The molecule has 0 saturated heterocycles. The molecular weight excluding hydrogens is 280 g/mol. The van der Waals surface area contributed by atoms with Crippen LogP contribution in [0.1, 0.15) is 19.4 Å². The summed E-state index contributed by atoms with van der Waals surface area (Å²) in [7, 11) is 1.83. The number of nitrogens with one attached hydrogen (secondary N) is 1. The van der Waals surface area contributed by atoms with Crippen LogP contribution in [0, 0.1) is 0 Å². The van der Waals surface area contributed by atoms with E-state index in [-0.39, 0.29) is 11.9 Å². The van der Waals surface area contributed by atoms with Crippen molar-refractivity contribution in [3.8, 4) is 0 Å². The molecule has 1 rings (SSSR count). The summed E-state index contributed by atoms with van der Waals surface area (Å²) < 4.78 is 1.06. The van der Waals surface area contributed by atoms with Crippen LogP contribution >= 0.6 is 15.9 Å². The van der Waals surface area contributed by atoms with E-state index in [1.165, 1.54) is 5.56 Å². The fourth-order valence-corrected chi connectivity index (χ4v) is 1.82. The minimum atomic E-state index is 0.120. The summed E-state index contributed by atoms with van der Waals surface area (Å²) in [4.78, 5) is 13.4. The first-order valence-electron chi connectivity index (χ1n) is 5.71. The molecule has 0 heterocycles. The first kappa shape index (κ1) is 14.2. The van der Waals surface area contributed by atoms with Gasteiger partial charge in [0.25, 0.3) is 0 Å². The number of rotatable bonds is 5. The molecule has 0 atom stereocenters. The lowest BCUT2D eigenvalue weighted by molar-refractivity contribution is -0.130. The number of nitrogens with zero attached hydrogens (tertiary/aromatic N) is 1. The summed E-state index contributed by atoms with van der Waals surface area (Å²) in [5.74, 6) is 0.120. The minimum absolute atomic E-state index is 0.120. The van der Waals surface area contributed by atoms with E-state index in [0.29, 0.717) is 13.1 Å². The predicted molar refractivity (Wildman–Crippen MR) is 73.8 cm³/mol. The van der Waals surface area contributed by atoms with Gasteiger partial charge in [0.2, 0.25) is 5.91 Å². The van der Waals surface area contributed by atoms with Gasteiger partial charge in [-0.3, -0.25) is 4.79 Å². The van der Waals surface area contributed by atoms with Crippen molar-refractivity contribution in [3.05, 3.63) is 34.3 Å². The monoisotopic (exact) mass is 298 g/mol. The van der Waals surface area contributed by atoms with Gasteiger partial charge in [-0.05, 0) is 31.5 Å².